The lowest BCUT2D eigenvalue weighted by Gasteiger charge is -2.08. The fraction of sp³-hybridized carbons (Fsp3) is 0.438. The number of nitriles is 1. The predicted octanol–water partition coefficient (Wildman–Crippen LogP) is 3.66. The van der Waals surface area contributed by atoms with E-state index in [1.165, 1.54) is 0 Å². The normalized spacial score (nSPS) is 9.85. The zero-order valence-corrected chi connectivity index (χ0v) is 12.9. The van der Waals surface area contributed by atoms with Crippen molar-refractivity contribution in [1.82, 2.24) is 14.8 Å². The minimum absolute atomic E-state index is 0.350. The van der Waals surface area contributed by atoms with Crippen LogP contribution in [0.15, 0.2) is 24.5 Å². The third-order valence-corrected chi connectivity index (χ3v) is 3.05. The van der Waals surface area contributed by atoms with Crippen LogP contribution in [0.3, 0.4) is 0 Å². The molecular formula is C16H22N4. The molecule has 0 radical (unpaired) electrons. The Balaban J connectivity index is 0.000000956. The molecule has 0 bridgehead atoms. The first-order chi connectivity index (χ1) is 9.63. The van der Waals surface area contributed by atoms with Gasteiger partial charge in [-0.3, -0.25) is 0 Å². The Kier molecular flexibility index (Phi) is 5.92. The second-order valence-corrected chi connectivity index (χ2v) is 4.65. The highest BCUT2D eigenvalue weighted by Gasteiger charge is 2.15. The maximum atomic E-state index is 9.18. The van der Waals surface area contributed by atoms with Gasteiger partial charge in [-0.25, -0.2) is 0 Å². The predicted molar refractivity (Wildman–Crippen MR) is 80.5 cm³/mol. The Bertz CT molecular complexity index is 577. The minimum Gasteiger partial charge on any atom is -0.344 e. The topological polar surface area (TPSA) is 54.5 Å². The number of hydrogen-bond donors (Lipinski definition) is 0. The molecule has 0 N–H and O–H groups in total. The first kappa shape index (κ1) is 15.9. The quantitative estimate of drug-likeness (QED) is 0.855. The summed E-state index contributed by atoms with van der Waals surface area (Å²) in [6.45, 7) is 10.9. The molecule has 2 aromatic rings. The third-order valence-electron chi connectivity index (χ3n) is 3.05. The Hall–Kier alpha value is -2.15. The second-order valence-electron chi connectivity index (χ2n) is 4.65. The molecule has 0 aliphatic rings. The van der Waals surface area contributed by atoms with Gasteiger partial charge in [0.1, 0.15) is 6.07 Å². The molecule has 4 heteroatoms. The van der Waals surface area contributed by atoms with Crippen LogP contribution >= 0.6 is 0 Å². The summed E-state index contributed by atoms with van der Waals surface area (Å²) in [5, 5.41) is 17.1. The zero-order valence-electron chi connectivity index (χ0n) is 12.9. The highest BCUT2D eigenvalue weighted by Crippen LogP contribution is 2.25. The van der Waals surface area contributed by atoms with Gasteiger partial charge in [-0.05, 0) is 30.5 Å². The summed E-state index contributed by atoms with van der Waals surface area (Å²) in [5.74, 6) is 0.350. The molecular weight excluding hydrogens is 248 g/mol. The van der Waals surface area contributed by atoms with Crippen molar-refractivity contribution in [2.24, 2.45) is 0 Å². The van der Waals surface area contributed by atoms with E-state index in [2.05, 4.69) is 34.7 Å². The van der Waals surface area contributed by atoms with E-state index in [4.69, 9.17) is 0 Å². The molecule has 0 aliphatic carbocycles. The lowest BCUT2D eigenvalue weighted by Crippen LogP contribution is -2.04. The molecule has 20 heavy (non-hydrogen) atoms. The molecule has 0 atom stereocenters. The van der Waals surface area contributed by atoms with Gasteiger partial charge >= 0.3 is 0 Å². The average molecular weight is 270 g/mol. The van der Waals surface area contributed by atoms with Crippen LogP contribution in [0.2, 0.25) is 0 Å². The summed E-state index contributed by atoms with van der Waals surface area (Å²) in [5.41, 5.74) is 3.91. The molecule has 2 heterocycles. The number of nitrogens with zero attached hydrogens (tertiary/aromatic N) is 4. The lowest BCUT2D eigenvalue weighted by atomic mass is 10.00. The summed E-state index contributed by atoms with van der Waals surface area (Å²) < 4.78 is 2.07. The van der Waals surface area contributed by atoms with E-state index in [0.29, 0.717) is 12.5 Å². The van der Waals surface area contributed by atoms with Crippen molar-refractivity contribution in [2.45, 2.75) is 47.1 Å². The SMILES string of the molecule is CC.Cc1c(C(C)C)c(C#N)cn1Cc1cccnn1. The number of hydrogen-bond acceptors (Lipinski definition) is 3. The van der Waals surface area contributed by atoms with Gasteiger partial charge in [0.15, 0.2) is 0 Å². The van der Waals surface area contributed by atoms with E-state index in [-0.39, 0.29) is 0 Å². The molecule has 2 rings (SSSR count). The van der Waals surface area contributed by atoms with Gasteiger partial charge in [0, 0.05) is 18.1 Å². The Morgan fingerprint density at radius 3 is 2.50 bits per heavy atom. The van der Waals surface area contributed by atoms with Gasteiger partial charge in [-0.1, -0.05) is 27.7 Å². The summed E-state index contributed by atoms with van der Waals surface area (Å²) >= 11 is 0. The van der Waals surface area contributed by atoms with Crippen LogP contribution in [0.1, 0.15) is 56.1 Å². The number of rotatable bonds is 3. The second kappa shape index (κ2) is 7.44. The smallest absolute Gasteiger partial charge is 0.101 e. The molecule has 0 saturated carbocycles. The van der Waals surface area contributed by atoms with E-state index in [1.54, 1.807) is 6.20 Å². The highest BCUT2D eigenvalue weighted by atomic mass is 15.1. The number of aromatic nitrogens is 3. The molecule has 0 unspecified atom stereocenters. The molecule has 2 aromatic heterocycles. The van der Waals surface area contributed by atoms with Crippen molar-refractivity contribution in [3.8, 4) is 6.07 Å². The lowest BCUT2D eigenvalue weighted by molar-refractivity contribution is 0.725. The van der Waals surface area contributed by atoms with Gasteiger partial charge in [0.05, 0.1) is 17.8 Å². The maximum Gasteiger partial charge on any atom is 0.101 e. The standard InChI is InChI=1S/C14H16N4.C2H6/c1-10(2)14-11(3)18(8-12(14)7-15)9-13-5-4-6-16-17-13;1-2/h4-6,8,10H,9H2,1-3H3;1-2H3. The summed E-state index contributed by atoms with van der Waals surface area (Å²) in [4.78, 5) is 0. The summed E-state index contributed by atoms with van der Waals surface area (Å²) in [6.07, 6.45) is 3.56. The summed E-state index contributed by atoms with van der Waals surface area (Å²) in [7, 11) is 0. The van der Waals surface area contributed by atoms with Crippen LogP contribution in [-0.4, -0.2) is 14.8 Å². The molecule has 0 aromatic carbocycles. The monoisotopic (exact) mass is 270 g/mol. The van der Waals surface area contributed by atoms with Crippen molar-refractivity contribution in [2.75, 3.05) is 0 Å². The van der Waals surface area contributed by atoms with Gasteiger partial charge in [-0.2, -0.15) is 15.5 Å². The Morgan fingerprint density at radius 1 is 1.35 bits per heavy atom. The highest BCUT2D eigenvalue weighted by molar-refractivity contribution is 5.42. The maximum absolute atomic E-state index is 9.18. The molecule has 4 nitrogen and oxygen atoms in total. The van der Waals surface area contributed by atoms with E-state index in [1.807, 2.05) is 39.1 Å². The van der Waals surface area contributed by atoms with Crippen LogP contribution in [0.4, 0.5) is 0 Å². The molecule has 0 amide bonds. The molecule has 106 valence electrons. The minimum atomic E-state index is 0.350. The van der Waals surface area contributed by atoms with Gasteiger partial charge in [0.25, 0.3) is 0 Å². The van der Waals surface area contributed by atoms with Crippen LogP contribution < -0.4 is 0 Å². The van der Waals surface area contributed by atoms with Crippen molar-refractivity contribution < 1.29 is 0 Å². The zero-order chi connectivity index (χ0) is 15.1. The van der Waals surface area contributed by atoms with Crippen LogP contribution in [-0.2, 0) is 6.54 Å². The van der Waals surface area contributed by atoms with Crippen molar-refractivity contribution in [3.63, 3.8) is 0 Å². The molecule has 0 saturated heterocycles. The van der Waals surface area contributed by atoms with Crippen LogP contribution in [0, 0.1) is 18.3 Å². The van der Waals surface area contributed by atoms with E-state index < -0.39 is 0 Å². The van der Waals surface area contributed by atoms with Crippen molar-refractivity contribution in [1.29, 1.82) is 5.26 Å². The fourth-order valence-corrected chi connectivity index (χ4v) is 2.25. The summed E-state index contributed by atoms with van der Waals surface area (Å²) in [6, 6.07) is 6.08. The van der Waals surface area contributed by atoms with Crippen LogP contribution in [0.5, 0.6) is 0 Å². The Morgan fingerprint density at radius 2 is 2.05 bits per heavy atom. The first-order valence-corrected chi connectivity index (χ1v) is 6.99. The molecule has 0 spiro atoms. The fourth-order valence-electron chi connectivity index (χ4n) is 2.25. The van der Waals surface area contributed by atoms with Crippen molar-refractivity contribution >= 4 is 0 Å². The van der Waals surface area contributed by atoms with Gasteiger partial charge in [-0.15, -0.1) is 0 Å². The van der Waals surface area contributed by atoms with Crippen molar-refractivity contribution in [3.05, 3.63) is 47.0 Å². The molecule has 0 fully saturated rings. The van der Waals surface area contributed by atoms with Gasteiger partial charge < -0.3 is 4.57 Å². The van der Waals surface area contributed by atoms with E-state index in [0.717, 1.165) is 22.5 Å². The largest absolute Gasteiger partial charge is 0.344 e. The van der Waals surface area contributed by atoms with E-state index >= 15 is 0 Å². The first-order valence-electron chi connectivity index (χ1n) is 6.99. The van der Waals surface area contributed by atoms with Gasteiger partial charge in [0.2, 0.25) is 0 Å². The molecule has 0 aliphatic heterocycles. The van der Waals surface area contributed by atoms with E-state index in [9.17, 15) is 5.26 Å². The Labute approximate surface area is 121 Å². The third kappa shape index (κ3) is 3.45. The van der Waals surface area contributed by atoms with Crippen LogP contribution in [0.25, 0.3) is 0 Å². The average Bonchev–Trinajstić information content (AvgIpc) is 2.79.